The summed E-state index contributed by atoms with van der Waals surface area (Å²) in [4.78, 5) is 41.1. The van der Waals surface area contributed by atoms with Crippen molar-refractivity contribution in [3.63, 3.8) is 0 Å². The summed E-state index contributed by atoms with van der Waals surface area (Å²) in [6, 6.07) is 3.95. The van der Waals surface area contributed by atoms with Crippen LogP contribution in [0.5, 0.6) is 5.75 Å². The normalized spacial score (nSPS) is 17.2. The van der Waals surface area contributed by atoms with E-state index in [1.165, 1.54) is 18.2 Å². The van der Waals surface area contributed by atoms with Crippen LogP contribution in [0.2, 0.25) is 0 Å². The molecule has 174 valence electrons. The molecule has 0 bridgehead atoms. The van der Waals surface area contributed by atoms with Crippen molar-refractivity contribution in [2.75, 3.05) is 25.0 Å². The second kappa shape index (κ2) is 9.07. The Morgan fingerprint density at radius 1 is 1.30 bits per heavy atom. The van der Waals surface area contributed by atoms with E-state index in [1.807, 2.05) is 0 Å². The smallest absolute Gasteiger partial charge is 0.408 e. The minimum Gasteiger partial charge on any atom is -0.408 e. The Balaban J connectivity index is 1.45. The zero-order valence-electron chi connectivity index (χ0n) is 18.3. The number of rotatable bonds is 4. The number of halogens is 1. The van der Waals surface area contributed by atoms with Gasteiger partial charge in [0.1, 0.15) is 12.4 Å². The summed E-state index contributed by atoms with van der Waals surface area (Å²) in [6.07, 6.45) is 2.13. The summed E-state index contributed by atoms with van der Waals surface area (Å²) in [6.45, 7) is 3.89. The zero-order valence-corrected chi connectivity index (χ0v) is 18.3. The van der Waals surface area contributed by atoms with Gasteiger partial charge in [0.2, 0.25) is 5.91 Å². The third-order valence-electron chi connectivity index (χ3n) is 5.96. The van der Waals surface area contributed by atoms with Crippen molar-refractivity contribution in [1.82, 2.24) is 15.2 Å². The average Bonchev–Trinajstić information content (AvgIpc) is 3.24. The number of fused-ring (bicyclic) bond motifs is 1. The topological polar surface area (TPSA) is 124 Å². The lowest BCUT2D eigenvalue weighted by molar-refractivity contribution is -0.135. The predicted octanol–water partition coefficient (Wildman–Crippen LogP) is 2.34. The molecule has 0 spiro atoms. The van der Waals surface area contributed by atoms with Gasteiger partial charge in [-0.1, -0.05) is 0 Å². The molecular weight excluding hydrogens is 431 g/mol. The molecule has 4 N–H and O–H groups in total. The maximum absolute atomic E-state index is 13.7. The van der Waals surface area contributed by atoms with Crippen molar-refractivity contribution in [1.29, 1.82) is 0 Å². The molecular formula is C23H25FN4O5. The number of nitrogens with one attached hydrogen (secondary N) is 3. The van der Waals surface area contributed by atoms with Crippen LogP contribution in [-0.2, 0) is 9.59 Å². The number of piperidine rings is 1. The van der Waals surface area contributed by atoms with Gasteiger partial charge in [-0.05, 0) is 51.0 Å². The van der Waals surface area contributed by atoms with Gasteiger partial charge in [0.25, 0.3) is 5.91 Å². The lowest BCUT2D eigenvalue weighted by Gasteiger charge is -2.31. The van der Waals surface area contributed by atoms with Crippen molar-refractivity contribution in [3.8, 4) is 5.75 Å². The van der Waals surface area contributed by atoms with Crippen LogP contribution in [0.15, 0.2) is 18.2 Å². The van der Waals surface area contributed by atoms with Gasteiger partial charge < -0.3 is 30.4 Å². The van der Waals surface area contributed by atoms with E-state index in [-0.39, 0.29) is 17.9 Å². The monoisotopic (exact) mass is 456 g/mol. The Morgan fingerprint density at radius 2 is 2.03 bits per heavy atom. The minimum atomic E-state index is -0.614. The van der Waals surface area contributed by atoms with Crippen molar-refractivity contribution in [2.24, 2.45) is 0 Å². The molecule has 10 heteroatoms. The fourth-order valence-electron chi connectivity index (χ4n) is 4.16. The quantitative estimate of drug-likeness (QED) is 0.526. The predicted molar refractivity (Wildman–Crippen MR) is 119 cm³/mol. The number of hydrogen-bond acceptors (Lipinski definition) is 5. The van der Waals surface area contributed by atoms with Crippen LogP contribution >= 0.6 is 0 Å². The number of carbonyl (C=O) groups is 3. The summed E-state index contributed by atoms with van der Waals surface area (Å²) < 4.78 is 19.2. The molecule has 9 nitrogen and oxygen atoms in total. The molecule has 0 aliphatic carbocycles. The SMILES string of the molecule is Cc1[nH]c(/C=C2\C(=O)Nc3ccc(F)cc32)c(C)c1OC(=O)NC1CCN(C(=O)CO)CC1. The highest BCUT2D eigenvalue weighted by Gasteiger charge is 2.27. The average molecular weight is 456 g/mol. The molecule has 1 aromatic heterocycles. The van der Waals surface area contributed by atoms with E-state index in [0.717, 1.165) is 0 Å². The molecule has 0 radical (unpaired) electrons. The van der Waals surface area contributed by atoms with E-state index >= 15 is 0 Å². The van der Waals surface area contributed by atoms with E-state index in [0.29, 0.717) is 65.5 Å². The number of nitrogens with zero attached hydrogens (tertiary/aromatic N) is 1. The van der Waals surface area contributed by atoms with Gasteiger partial charge >= 0.3 is 6.09 Å². The highest BCUT2D eigenvalue weighted by atomic mass is 19.1. The molecule has 1 saturated heterocycles. The van der Waals surface area contributed by atoms with E-state index < -0.39 is 18.5 Å². The first kappa shape index (κ1) is 22.5. The van der Waals surface area contributed by atoms with Gasteiger partial charge in [-0.15, -0.1) is 0 Å². The lowest BCUT2D eigenvalue weighted by Crippen LogP contribution is -2.47. The number of amides is 3. The van der Waals surface area contributed by atoms with Crippen LogP contribution in [-0.4, -0.2) is 58.6 Å². The largest absolute Gasteiger partial charge is 0.412 e. The van der Waals surface area contributed by atoms with Crippen LogP contribution in [0.1, 0.15) is 35.4 Å². The molecule has 3 amide bonds. The highest BCUT2D eigenvalue weighted by molar-refractivity contribution is 6.34. The maximum Gasteiger partial charge on any atom is 0.412 e. The number of hydrogen-bond donors (Lipinski definition) is 4. The van der Waals surface area contributed by atoms with Crippen molar-refractivity contribution >= 4 is 35.2 Å². The number of anilines is 1. The third-order valence-corrected chi connectivity index (χ3v) is 5.96. The number of aryl methyl sites for hydroxylation is 1. The van der Waals surface area contributed by atoms with Crippen molar-refractivity contribution in [3.05, 3.63) is 46.5 Å². The Kier molecular flexibility index (Phi) is 6.19. The van der Waals surface area contributed by atoms with E-state index in [2.05, 4.69) is 15.6 Å². The second-order valence-corrected chi connectivity index (χ2v) is 8.17. The number of aliphatic hydroxyl groups is 1. The van der Waals surface area contributed by atoms with Crippen molar-refractivity contribution < 1.29 is 28.6 Å². The van der Waals surface area contributed by atoms with E-state index in [1.54, 1.807) is 24.8 Å². The Hall–Kier alpha value is -3.66. The van der Waals surface area contributed by atoms with Crippen LogP contribution in [0.4, 0.5) is 14.9 Å². The molecule has 2 aliphatic rings. The molecule has 0 atom stereocenters. The Morgan fingerprint density at radius 3 is 2.73 bits per heavy atom. The molecule has 33 heavy (non-hydrogen) atoms. The summed E-state index contributed by atoms with van der Waals surface area (Å²) in [5.41, 5.74) is 3.14. The van der Waals surface area contributed by atoms with Gasteiger partial charge in [-0.3, -0.25) is 9.59 Å². The summed E-state index contributed by atoms with van der Waals surface area (Å²) >= 11 is 0. The fraction of sp³-hybridized carbons (Fsp3) is 0.348. The standard InChI is InChI=1S/C23H25FN4O5/c1-12-19(10-17-16-9-14(24)3-4-18(16)27-22(17)31)25-13(2)21(12)33-23(32)26-15-5-7-28(8-6-15)20(30)11-29/h3-4,9-10,15,25,29H,5-8,11H2,1-2H3,(H,26,32)(H,27,31)/b17-10-. The number of carbonyl (C=O) groups excluding carboxylic acids is 3. The molecule has 2 aliphatic heterocycles. The van der Waals surface area contributed by atoms with Crippen LogP contribution < -0.4 is 15.4 Å². The Labute approximate surface area is 189 Å². The minimum absolute atomic E-state index is 0.144. The molecule has 4 rings (SSSR count). The lowest BCUT2D eigenvalue weighted by atomic mass is 10.0. The molecule has 3 heterocycles. The van der Waals surface area contributed by atoms with Crippen LogP contribution in [0.3, 0.4) is 0 Å². The summed E-state index contributed by atoms with van der Waals surface area (Å²) in [7, 11) is 0. The molecule has 2 aromatic rings. The number of likely N-dealkylation sites (tertiary alicyclic amines) is 1. The van der Waals surface area contributed by atoms with Gasteiger partial charge in [-0.2, -0.15) is 0 Å². The first-order valence-electron chi connectivity index (χ1n) is 10.7. The molecule has 1 fully saturated rings. The number of aromatic nitrogens is 1. The Bertz CT molecular complexity index is 1150. The zero-order chi connectivity index (χ0) is 23.7. The van der Waals surface area contributed by atoms with Gasteiger partial charge in [0, 0.05) is 41.6 Å². The van der Waals surface area contributed by atoms with E-state index in [9.17, 15) is 18.8 Å². The first-order chi connectivity index (χ1) is 15.8. The second-order valence-electron chi connectivity index (χ2n) is 8.17. The number of ether oxygens (including phenoxy) is 1. The van der Waals surface area contributed by atoms with Crippen molar-refractivity contribution in [2.45, 2.75) is 32.7 Å². The van der Waals surface area contributed by atoms with Gasteiger partial charge in [0.05, 0.1) is 11.3 Å². The summed E-state index contributed by atoms with van der Waals surface area (Å²) in [5.74, 6) is -0.751. The molecule has 1 aromatic carbocycles. The van der Waals surface area contributed by atoms with Gasteiger partial charge in [0.15, 0.2) is 5.75 Å². The highest BCUT2D eigenvalue weighted by Crippen LogP contribution is 2.35. The first-order valence-corrected chi connectivity index (χ1v) is 10.7. The number of aromatic amines is 1. The maximum atomic E-state index is 13.7. The molecule has 0 saturated carbocycles. The van der Waals surface area contributed by atoms with E-state index in [4.69, 9.17) is 9.84 Å². The van der Waals surface area contributed by atoms with Crippen LogP contribution in [0.25, 0.3) is 11.6 Å². The number of aliphatic hydroxyl groups excluding tert-OH is 1. The summed E-state index contributed by atoms with van der Waals surface area (Å²) in [5, 5.41) is 14.5. The number of H-pyrrole nitrogens is 1. The van der Waals surface area contributed by atoms with Crippen LogP contribution in [0, 0.1) is 19.7 Å². The van der Waals surface area contributed by atoms with Gasteiger partial charge in [-0.25, -0.2) is 9.18 Å². The fourth-order valence-corrected chi connectivity index (χ4v) is 4.16. The third kappa shape index (κ3) is 4.61. The number of benzene rings is 1. The molecule has 0 unspecified atom stereocenters.